The molecule has 2 rings (SSSR count). The predicted molar refractivity (Wildman–Crippen MR) is 139 cm³/mol. The molecule has 37 heavy (non-hydrogen) atoms. The molecule has 0 radical (unpaired) electrons. The van der Waals surface area contributed by atoms with Crippen molar-refractivity contribution >= 4 is 24.0 Å². The van der Waals surface area contributed by atoms with Gasteiger partial charge in [-0.25, -0.2) is 4.79 Å². The lowest BCUT2D eigenvalue weighted by atomic mass is 9.74. The Morgan fingerprint density at radius 1 is 1.00 bits per heavy atom. The van der Waals surface area contributed by atoms with Gasteiger partial charge >= 0.3 is 18.2 Å². The maximum Gasteiger partial charge on any atom is 0.416 e. The molecular formula is C28H37F3N2O4. The SMILES string of the molecule is CCCC(CC)(C(=O)OC)c1ccc(C(F)(F)F)cc1.Cc1cccc(NC(=O)OC(C)(C)C)c1C=N. The van der Waals surface area contributed by atoms with Crippen LogP contribution in [0.3, 0.4) is 0 Å². The molecule has 0 heterocycles. The minimum absolute atomic E-state index is 0.401. The number of nitrogens with one attached hydrogen (secondary N) is 2. The van der Waals surface area contributed by atoms with Crippen molar-refractivity contribution in [2.45, 2.75) is 78.0 Å². The van der Waals surface area contributed by atoms with E-state index in [4.69, 9.17) is 14.9 Å². The number of anilines is 1. The lowest BCUT2D eigenvalue weighted by Gasteiger charge is -2.30. The van der Waals surface area contributed by atoms with E-state index in [1.807, 2.05) is 32.9 Å². The van der Waals surface area contributed by atoms with Gasteiger partial charge in [-0.2, -0.15) is 13.2 Å². The Hall–Kier alpha value is -3.36. The summed E-state index contributed by atoms with van der Waals surface area (Å²) in [5.41, 5.74) is 0.683. The monoisotopic (exact) mass is 522 g/mol. The second kappa shape index (κ2) is 13.3. The molecule has 0 aliphatic carbocycles. The molecule has 2 aromatic rings. The van der Waals surface area contributed by atoms with Gasteiger partial charge in [0.25, 0.3) is 0 Å². The summed E-state index contributed by atoms with van der Waals surface area (Å²) in [5.74, 6) is -0.401. The quantitative estimate of drug-likeness (QED) is 0.289. The van der Waals surface area contributed by atoms with Gasteiger partial charge in [0.15, 0.2) is 0 Å². The largest absolute Gasteiger partial charge is 0.468 e. The number of esters is 1. The molecule has 0 aliphatic rings. The number of hydrogen-bond acceptors (Lipinski definition) is 5. The topological polar surface area (TPSA) is 88.5 Å². The molecule has 0 saturated carbocycles. The minimum atomic E-state index is -4.37. The first kappa shape index (κ1) is 31.7. The molecule has 1 amide bonds. The smallest absolute Gasteiger partial charge is 0.416 e. The summed E-state index contributed by atoms with van der Waals surface area (Å²) in [5, 5.41) is 9.98. The van der Waals surface area contributed by atoms with Gasteiger partial charge in [0.1, 0.15) is 5.60 Å². The van der Waals surface area contributed by atoms with Gasteiger partial charge in [-0.1, -0.05) is 44.5 Å². The molecule has 0 saturated heterocycles. The van der Waals surface area contributed by atoms with E-state index in [0.717, 1.165) is 24.1 Å². The summed E-state index contributed by atoms with van der Waals surface area (Å²) in [4.78, 5) is 23.7. The summed E-state index contributed by atoms with van der Waals surface area (Å²) < 4.78 is 47.7. The van der Waals surface area contributed by atoms with E-state index < -0.39 is 34.8 Å². The Kier molecular flexibility index (Phi) is 11.4. The van der Waals surface area contributed by atoms with Gasteiger partial charge in [-0.05, 0) is 69.9 Å². The summed E-state index contributed by atoms with van der Waals surface area (Å²) in [7, 11) is 1.30. The van der Waals surface area contributed by atoms with Gasteiger partial charge < -0.3 is 14.9 Å². The second-order valence-corrected chi connectivity index (χ2v) is 9.56. The van der Waals surface area contributed by atoms with E-state index in [1.54, 1.807) is 26.8 Å². The number of methoxy groups -OCH3 is 1. The Morgan fingerprint density at radius 3 is 2.00 bits per heavy atom. The third-order valence-electron chi connectivity index (χ3n) is 5.73. The number of halogens is 3. The summed E-state index contributed by atoms with van der Waals surface area (Å²) >= 11 is 0. The number of benzene rings is 2. The zero-order valence-corrected chi connectivity index (χ0v) is 22.5. The molecule has 1 atom stereocenters. The molecule has 0 spiro atoms. The van der Waals surface area contributed by atoms with Crippen molar-refractivity contribution < 1.29 is 32.2 Å². The highest BCUT2D eigenvalue weighted by Gasteiger charge is 2.39. The second-order valence-electron chi connectivity index (χ2n) is 9.56. The lowest BCUT2D eigenvalue weighted by Crippen LogP contribution is -2.36. The van der Waals surface area contributed by atoms with Crippen LogP contribution in [0, 0.1) is 12.3 Å². The van der Waals surface area contributed by atoms with Crippen molar-refractivity contribution in [1.82, 2.24) is 0 Å². The van der Waals surface area contributed by atoms with Gasteiger partial charge in [0.05, 0.1) is 23.8 Å². The van der Waals surface area contributed by atoms with Crippen molar-refractivity contribution in [2.24, 2.45) is 0 Å². The van der Waals surface area contributed by atoms with Crippen molar-refractivity contribution in [3.05, 3.63) is 64.7 Å². The highest BCUT2D eigenvalue weighted by atomic mass is 19.4. The van der Waals surface area contributed by atoms with Crippen LogP contribution in [0.1, 0.15) is 76.1 Å². The first-order chi connectivity index (χ1) is 17.1. The number of rotatable bonds is 7. The van der Waals surface area contributed by atoms with Crippen LogP contribution in [0.5, 0.6) is 0 Å². The third kappa shape index (κ3) is 8.91. The molecule has 204 valence electrons. The number of hydrogen-bond donors (Lipinski definition) is 2. The Balaban J connectivity index is 0.000000375. The Labute approximate surface area is 217 Å². The van der Waals surface area contributed by atoms with Crippen LogP contribution in [-0.2, 0) is 25.9 Å². The predicted octanol–water partition coefficient (Wildman–Crippen LogP) is 7.67. The number of amides is 1. The summed E-state index contributed by atoms with van der Waals surface area (Å²) in [6, 6.07) is 10.2. The standard InChI is InChI=1S/C15H19F3O2.C13H18N2O2/c1-4-10-14(5-2,13(19)20-3)11-6-8-12(9-7-11)15(16,17)18;1-9-6-5-7-11(10(9)8-14)15-12(16)17-13(2,3)4/h6-9H,4-5,10H2,1-3H3;5-8,14H,1-4H3,(H,15,16). The van der Waals surface area contributed by atoms with Crippen LogP contribution >= 0.6 is 0 Å². The maximum atomic E-state index is 12.6. The van der Waals surface area contributed by atoms with Crippen LogP contribution in [0.15, 0.2) is 42.5 Å². The van der Waals surface area contributed by atoms with E-state index in [2.05, 4.69) is 5.32 Å². The van der Waals surface area contributed by atoms with Crippen molar-refractivity contribution in [3.63, 3.8) is 0 Å². The molecule has 9 heteroatoms. The minimum Gasteiger partial charge on any atom is -0.468 e. The first-order valence-electron chi connectivity index (χ1n) is 12.0. The van der Waals surface area contributed by atoms with Crippen molar-refractivity contribution in [3.8, 4) is 0 Å². The Morgan fingerprint density at radius 2 is 1.57 bits per heavy atom. The number of carbonyl (C=O) groups is 2. The van der Waals surface area contributed by atoms with Crippen molar-refractivity contribution in [1.29, 1.82) is 5.41 Å². The van der Waals surface area contributed by atoms with Crippen molar-refractivity contribution in [2.75, 3.05) is 12.4 Å². The van der Waals surface area contributed by atoms with Crippen LogP contribution < -0.4 is 5.32 Å². The lowest BCUT2D eigenvalue weighted by molar-refractivity contribution is -0.148. The van der Waals surface area contributed by atoms with E-state index in [-0.39, 0.29) is 0 Å². The fourth-order valence-corrected chi connectivity index (χ4v) is 3.88. The number of ether oxygens (including phenoxy) is 2. The molecule has 0 aromatic heterocycles. The van der Waals surface area contributed by atoms with Crippen LogP contribution in [0.25, 0.3) is 0 Å². The number of aryl methyl sites for hydroxylation is 1. The zero-order chi connectivity index (χ0) is 28.4. The number of carbonyl (C=O) groups excluding carboxylic acids is 2. The molecule has 0 bridgehead atoms. The third-order valence-corrected chi connectivity index (χ3v) is 5.73. The molecule has 2 N–H and O–H groups in total. The van der Waals surface area contributed by atoms with Crippen LogP contribution in [0.2, 0.25) is 0 Å². The Bertz CT molecular complexity index is 1060. The average Bonchev–Trinajstić information content (AvgIpc) is 2.81. The molecular weight excluding hydrogens is 485 g/mol. The normalized spacial score (nSPS) is 12.9. The number of alkyl halides is 3. The molecule has 1 unspecified atom stereocenters. The molecule has 2 aromatic carbocycles. The molecule has 0 fully saturated rings. The first-order valence-corrected chi connectivity index (χ1v) is 12.0. The summed E-state index contributed by atoms with van der Waals surface area (Å²) in [6.45, 7) is 11.1. The average molecular weight is 523 g/mol. The van der Waals surface area contributed by atoms with Gasteiger partial charge in [0.2, 0.25) is 0 Å². The maximum absolute atomic E-state index is 12.6. The zero-order valence-electron chi connectivity index (χ0n) is 22.5. The molecule has 6 nitrogen and oxygen atoms in total. The molecule has 0 aliphatic heterocycles. The van der Waals surface area contributed by atoms with Gasteiger partial charge in [-0.15, -0.1) is 0 Å². The van der Waals surface area contributed by atoms with E-state index in [9.17, 15) is 22.8 Å². The van der Waals surface area contributed by atoms with E-state index in [0.29, 0.717) is 29.7 Å². The van der Waals surface area contributed by atoms with Gasteiger partial charge in [-0.3, -0.25) is 10.1 Å². The summed E-state index contributed by atoms with van der Waals surface area (Å²) in [6.07, 6.45) is -1.89. The fraction of sp³-hybridized carbons (Fsp3) is 0.464. The van der Waals surface area contributed by atoms with Crippen LogP contribution in [0.4, 0.5) is 23.7 Å². The highest BCUT2D eigenvalue weighted by Crippen LogP contribution is 2.36. The van der Waals surface area contributed by atoms with E-state index in [1.165, 1.54) is 25.5 Å². The highest BCUT2D eigenvalue weighted by molar-refractivity contribution is 5.95. The fourth-order valence-electron chi connectivity index (χ4n) is 3.88. The van der Waals surface area contributed by atoms with E-state index >= 15 is 0 Å². The van der Waals surface area contributed by atoms with Crippen LogP contribution in [-0.4, -0.2) is 31.0 Å². The van der Waals surface area contributed by atoms with Gasteiger partial charge in [0, 0.05) is 11.8 Å².